The largest absolute Gasteiger partial charge is 0.388 e. The Morgan fingerprint density at radius 2 is 1.85 bits per heavy atom. The van der Waals surface area contributed by atoms with Crippen LogP contribution < -0.4 is 0 Å². The lowest BCUT2D eigenvalue weighted by Gasteiger charge is -2.18. The van der Waals surface area contributed by atoms with Crippen molar-refractivity contribution >= 4 is 34.8 Å². The predicted octanol–water partition coefficient (Wildman–Crippen LogP) is 2.36. The highest BCUT2D eigenvalue weighted by molar-refractivity contribution is 6.68. The van der Waals surface area contributed by atoms with E-state index in [1.807, 2.05) is 0 Å². The second-order valence-corrected chi connectivity index (χ2v) is 4.99. The SMILES string of the molecule is O[C@H](Cc1ccncc1)C(Cl)(Cl)Cl. The number of alkyl halides is 3. The standard InChI is InChI=1S/C8H8Cl3NO/c9-8(10,11)7(13)5-6-1-3-12-4-2-6/h1-4,7,13H,5H2/t7-/m1/s1. The number of nitrogens with zero attached hydrogens (tertiary/aromatic N) is 1. The summed E-state index contributed by atoms with van der Waals surface area (Å²) in [7, 11) is 0. The average Bonchev–Trinajstić information content (AvgIpc) is 2.04. The van der Waals surface area contributed by atoms with Crippen LogP contribution in [0.3, 0.4) is 0 Å². The van der Waals surface area contributed by atoms with Gasteiger partial charge in [-0.05, 0) is 17.7 Å². The fourth-order valence-electron chi connectivity index (χ4n) is 0.858. The molecule has 1 aromatic rings. The zero-order chi connectivity index (χ0) is 9.90. The van der Waals surface area contributed by atoms with Crippen LogP contribution in [-0.4, -0.2) is 20.0 Å². The molecule has 72 valence electrons. The van der Waals surface area contributed by atoms with Crippen LogP contribution in [0.15, 0.2) is 24.5 Å². The van der Waals surface area contributed by atoms with Crippen molar-refractivity contribution in [3.63, 3.8) is 0 Å². The van der Waals surface area contributed by atoms with E-state index in [1.54, 1.807) is 24.5 Å². The summed E-state index contributed by atoms with van der Waals surface area (Å²) in [5.74, 6) is 0. The fraction of sp³-hybridized carbons (Fsp3) is 0.375. The molecular formula is C8H8Cl3NO. The van der Waals surface area contributed by atoms with Gasteiger partial charge in [0.05, 0.1) is 0 Å². The van der Waals surface area contributed by atoms with Gasteiger partial charge in [0, 0.05) is 18.8 Å². The Morgan fingerprint density at radius 1 is 1.31 bits per heavy atom. The van der Waals surface area contributed by atoms with E-state index in [0.29, 0.717) is 6.42 Å². The maximum atomic E-state index is 9.42. The molecule has 0 aliphatic rings. The molecule has 2 nitrogen and oxygen atoms in total. The molecule has 1 N–H and O–H groups in total. The number of hydrogen-bond donors (Lipinski definition) is 1. The molecule has 1 rings (SSSR count). The average molecular weight is 241 g/mol. The van der Waals surface area contributed by atoms with Crippen LogP contribution in [0.1, 0.15) is 5.56 Å². The van der Waals surface area contributed by atoms with Crippen molar-refractivity contribution in [3.8, 4) is 0 Å². The number of aliphatic hydroxyl groups is 1. The van der Waals surface area contributed by atoms with Gasteiger partial charge in [0.1, 0.15) is 6.10 Å². The minimum absolute atomic E-state index is 0.305. The van der Waals surface area contributed by atoms with Gasteiger partial charge in [-0.2, -0.15) is 0 Å². The monoisotopic (exact) mass is 239 g/mol. The molecule has 0 amide bonds. The Bertz CT molecular complexity index is 260. The topological polar surface area (TPSA) is 33.1 Å². The van der Waals surface area contributed by atoms with E-state index in [0.717, 1.165) is 5.56 Å². The van der Waals surface area contributed by atoms with Gasteiger partial charge < -0.3 is 5.11 Å². The first-order chi connectivity index (χ1) is 6.00. The third kappa shape index (κ3) is 3.69. The van der Waals surface area contributed by atoms with Crippen LogP contribution in [0.4, 0.5) is 0 Å². The maximum absolute atomic E-state index is 9.42. The first kappa shape index (κ1) is 11.1. The molecule has 1 atom stereocenters. The Kier molecular flexibility index (Phi) is 3.80. The number of pyridine rings is 1. The van der Waals surface area contributed by atoms with Gasteiger partial charge in [-0.25, -0.2) is 0 Å². The van der Waals surface area contributed by atoms with Gasteiger partial charge in [-0.1, -0.05) is 34.8 Å². The Balaban J connectivity index is 2.61. The van der Waals surface area contributed by atoms with Crippen molar-refractivity contribution < 1.29 is 5.11 Å². The highest BCUT2D eigenvalue weighted by Gasteiger charge is 2.30. The number of aliphatic hydroxyl groups excluding tert-OH is 1. The number of halogens is 3. The van der Waals surface area contributed by atoms with Gasteiger partial charge >= 0.3 is 0 Å². The fourth-order valence-corrected chi connectivity index (χ4v) is 1.09. The van der Waals surface area contributed by atoms with Gasteiger partial charge in [-0.3, -0.25) is 4.98 Å². The Morgan fingerprint density at radius 3 is 2.31 bits per heavy atom. The highest BCUT2D eigenvalue weighted by atomic mass is 35.6. The summed E-state index contributed by atoms with van der Waals surface area (Å²) < 4.78 is -1.64. The minimum Gasteiger partial charge on any atom is -0.388 e. The van der Waals surface area contributed by atoms with Crippen LogP contribution in [0, 0.1) is 0 Å². The molecule has 0 aliphatic heterocycles. The van der Waals surface area contributed by atoms with Crippen LogP contribution >= 0.6 is 34.8 Å². The summed E-state index contributed by atoms with van der Waals surface area (Å²) in [4.78, 5) is 3.83. The molecule has 0 bridgehead atoms. The van der Waals surface area contributed by atoms with E-state index in [-0.39, 0.29) is 0 Å². The molecule has 13 heavy (non-hydrogen) atoms. The van der Waals surface area contributed by atoms with Crippen LogP contribution in [0.5, 0.6) is 0 Å². The van der Waals surface area contributed by atoms with Crippen LogP contribution in [0.25, 0.3) is 0 Å². The maximum Gasteiger partial charge on any atom is 0.216 e. The smallest absolute Gasteiger partial charge is 0.216 e. The number of aromatic nitrogens is 1. The lowest BCUT2D eigenvalue weighted by atomic mass is 10.1. The zero-order valence-corrected chi connectivity index (χ0v) is 8.89. The van der Waals surface area contributed by atoms with Crippen molar-refractivity contribution in [2.24, 2.45) is 0 Å². The summed E-state index contributed by atoms with van der Waals surface area (Å²) in [5, 5.41) is 9.42. The molecule has 0 unspecified atom stereocenters. The van der Waals surface area contributed by atoms with Crippen molar-refractivity contribution in [2.45, 2.75) is 16.3 Å². The molecule has 1 aromatic heterocycles. The summed E-state index contributed by atoms with van der Waals surface area (Å²) in [6.45, 7) is 0. The molecule has 0 aliphatic carbocycles. The van der Waals surface area contributed by atoms with E-state index in [2.05, 4.69) is 4.98 Å². The molecule has 0 saturated heterocycles. The zero-order valence-electron chi connectivity index (χ0n) is 6.62. The van der Waals surface area contributed by atoms with Crippen molar-refractivity contribution in [3.05, 3.63) is 30.1 Å². The quantitative estimate of drug-likeness (QED) is 0.805. The second kappa shape index (κ2) is 4.47. The molecule has 0 radical (unpaired) electrons. The molecule has 1 heterocycles. The van der Waals surface area contributed by atoms with E-state index in [1.165, 1.54) is 0 Å². The van der Waals surface area contributed by atoms with E-state index >= 15 is 0 Å². The third-order valence-corrected chi connectivity index (χ3v) is 2.31. The van der Waals surface area contributed by atoms with E-state index in [9.17, 15) is 5.11 Å². The first-order valence-electron chi connectivity index (χ1n) is 3.64. The van der Waals surface area contributed by atoms with E-state index < -0.39 is 9.90 Å². The molecule has 0 aromatic carbocycles. The number of rotatable bonds is 2. The van der Waals surface area contributed by atoms with Crippen molar-refractivity contribution in [1.82, 2.24) is 4.98 Å². The molecule has 5 heteroatoms. The van der Waals surface area contributed by atoms with Gasteiger partial charge in [0.15, 0.2) is 0 Å². The summed E-state index contributed by atoms with van der Waals surface area (Å²) in [5.41, 5.74) is 0.883. The summed E-state index contributed by atoms with van der Waals surface area (Å²) in [6.07, 6.45) is 2.56. The summed E-state index contributed by atoms with van der Waals surface area (Å²) >= 11 is 16.5. The Labute approximate surface area is 91.4 Å². The minimum atomic E-state index is -1.64. The molecular weight excluding hydrogens is 232 g/mol. The van der Waals surface area contributed by atoms with Gasteiger partial charge in [0.25, 0.3) is 0 Å². The summed E-state index contributed by atoms with van der Waals surface area (Å²) in [6, 6.07) is 3.53. The van der Waals surface area contributed by atoms with Gasteiger partial charge in [0.2, 0.25) is 3.79 Å². The van der Waals surface area contributed by atoms with Crippen LogP contribution in [0.2, 0.25) is 0 Å². The molecule has 0 fully saturated rings. The van der Waals surface area contributed by atoms with E-state index in [4.69, 9.17) is 34.8 Å². The van der Waals surface area contributed by atoms with Crippen molar-refractivity contribution in [1.29, 1.82) is 0 Å². The van der Waals surface area contributed by atoms with Crippen LogP contribution in [-0.2, 0) is 6.42 Å². The normalized spacial score (nSPS) is 14.2. The van der Waals surface area contributed by atoms with Gasteiger partial charge in [-0.15, -0.1) is 0 Å². The number of hydrogen-bond acceptors (Lipinski definition) is 2. The van der Waals surface area contributed by atoms with Crippen molar-refractivity contribution in [2.75, 3.05) is 0 Å². The molecule has 0 spiro atoms. The molecule has 0 saturated carbocycles. The highest BCUT2D eigenvalue weighted by Crippen LogP contribution is 2.31. The lowest BCUT2D eigenvalue weighted by Crippen LogP contribution is -2.27. The lowest BCUT2D eigenvalue weighted by molar-refractivity contribution is 0.179. The third-order valence-electron chi connectivity index (χ3n) is 1.56. The Hall–Kier alpha value is -0.0200. The second-order valence-electron chi connectivity index (χ2n) is 2.62. The predicted molar refractivity (Wildman–Crippen MR) is 54.2 cm³/mol. The first-order valence-corrected chi connectivity index (χ1v) is 4.77.